The quantitative estimate of drug-likeness (QED) is 0.593. The van der Waals surface area contributed by atoms with Crippen LogP contribution >= 0.6 is 0 Å². The zero-order valence-electron chi connectivity index (χ0n) is 13.8. The molecule has 0 amide bonds. The van der Waals surface area contributed by atoms with Crippen LogP contribution in [0.15, 0.2) is 48.5 Å². The second-order valence-electron chi connectivity index (χ2n) is 5.25. The molecule has 2 aromatic carbocycles. The van der Waals surface area contributed by atoms with Gasteiger partial charge >= 0.3 is 5.97 Å². The number of rotatable bonds is 7. The number of phenols is 1. The zero-order valence-corrected chi connectivity index (χ0v) is 13.8. The van der Waals surface area contributed by atoms with Crippen molar-refractivity contribution in [2.24, 2.45) is 0 Å². The summed E-state index contributed by atoms with van der Waals surface area (Å²) in [4.78, 5) is 22.9. The zero-order chi connectivity index (χ0) is 18.4. The van der Waals surface area contributed by atoms with Gasteiger partial charge in [0.05, 0.1) is 7.11 Å². The minimum atomic E-state index is -1.06. The van der Waals surface area contributed by atoms with Gasteiger partial charge in [-0.05, 0) is 55.0 Å². The Balaban J connectivity index is 2.05. The smallest absolute Gasteiger partial charge is 0.344 e. The Kier molecular flexibility index (Phi) is 5.79. The number of aromatic hydroxyl groups is 1. The van der Waals surface area contributed by atoms with Crippen LogP contribution in [-0.2, 0) is 4.79 Å². The van der Waals surface area contributed by atoms with E-state index in [-0.39, 0.29) is 11.5 Å². The molecule has 0 spiro atoms. The monoisotopic (exact) mass is 342 g/mol. The molecule has 6 heteroatoms. The van der Waals surface area contributed by atoms with E-state index in [9.17, 15) is 14.7 Å². The van der Waals surface area contributed by atoms with Crippen LogP contribution in [0.2, 0.25) is 0 Å². The first-order valence-electron chi connectivity index (χ1n) is 7.49. The molecule has 0 bridgehead atoms. The van der Waals surface area contributed by atoms with Gasteiger partial charge in [0.1, 0.15) is 5.75 Å². The molecule has 0 aromatic heterocycles. The number of ketones is 1. The van der Waals surface area contributed by atoms with Crippen molar-refractivity contribution in [1.29, 1.82) is 0 Å². The van der Waals surface area contributed by atoms with E-state index in [4.69, 9.17) is 14.6 Å². The summed E-state index contributed by atoms with van der Waals surface area (Å²) in [5.41, 5.74) is 1.09. The van der Waals surface area contributed by atoms with Crippen LogP contribution in [0.4, 0.5) is 0 Å². The first-order valence-corrected chi connectivity index (χ1v) is 7.49. The Labute approximate surface area is 144 Å². The van der Waals surface area contributed by atoms with Crippen LogP contribution in [0.3, 0.4) is 0 Å². The lowest BCUT2D eigenvalue weighted by molar-refractivity contribution is -0.144. The highest BCUT2D eigenvalue weighted by molar-refractivity contribution is 6.06. The summed E-state index contributed by atoms with van der Waals surface area (Å²) in [7, 11) is 1.46. The van der Waals surface area contributed by atoms with Crippen LogP contribution in [-0.4, -0.2) is 35.2 Å². The molecular weight excluding hydrogens is 324 g/mol. The molecule has 0 fully saturated rings. The summed E-state index contributed by atoms with van der Waals surface area (Å²) < 4.78 is 10.2. The Morgan fingerprint density at radius 3 is 2.36 bits per heavy atom. The Morgan fingerprint density at radius 2 is 1.80 bits per heavy atom. The predicted molar refractivity (Wildman–Crippen MR) is 92.2 cm³/mol. The van der Waals surface area contributed by atoms with Gasteiger partial charge in [-0.25, -0.2) is 4.79 Å². The molecule has 0 aliphatic heterocycles. The molecule has 0 heterocycles. The van der Waals surface area contributed by atoms with Gasteiger partial charge in [-0.3, -0.25) is 4.79 Å². The Hall–Kier alpha value is -3.28. The van der Waals surface area contributed by atoms with Crippen LogP contribution in [0.1, 0.15) is 22.8 Å². The molecule has 0 radical (unpaired) electrons. The molecule has 2 N–H and O–H groups in total. The van der Waals surface area contributed by atoms with E-state index in [2.05, 4.69) is 0 Å². The molecular formula is C19H18O6. The maximum absolute atomic E-state index is 12.2. The summed E-state index contributed by atoms with van der Waals surface area (Å²) in [6.07, 6.45) is 2.00. The number of carbonyl (C=O) groups is 2. The summed E-state index contributed by atoms with van der Waals surface area (Å²) in [5, 5.41) is 18.5. The van der Waals surface area contributed by atoms with E-state index in [1.165, 1.54) is 26.2 Å². The molecule has 2 rings (SSSR count). The average molecular weight is 342 g/mol. The van der Waals surface area contributed by atoms with Crippen molar-refractivity contribution >= 4 is 17.8 Å². The summed E-state index contributed by atoms with van der Waals surface area (Å²) in [6, 6.07) is 11.0. The van der Waals surface area contributed by atoms with Gasteiger partial charge in [0.25, 0.3) is 0 Å². The van der Waals surface area contributed by atoms with Crippen LogP contribution in [0.25, 0.3) is 6.08 Å². The second-order valence-corrected chi connectivity index (χ2v) is 5.25. The SMILES string of the molecule is COc1ccc(/C=C/C(=O)c2ccc(OC(C)C(=O)O)cc2)cc1O. The van der Waals surface area contributed by atoms with Crippen LogP contribution in [0.5, 0.6) is 17.2 Å². The highest BCUT2D eigenvalue weighted by Crippen LogP contribution is 2.26. The molecule has 1 atom stereocenters. The van der Waals surface area contributed by atoms with Gasteiger partial charge in [0.15, 0.2) is 23.4 Å². The number of carbonyl (C=O) groups excluding carboxylic acids is 1. The van der Waals surface area contributed by atoms with Crippen LogP contribution < -0.4 is 9.47 Å². The van der Waals surface area contributed by atoms with Gasteiger partial charge < -0.3 is 19.7 Å². The molecule has 1 unspecified atom stereocenters. The highest BCUT2D eigenvalue weighted by atomic mass is 16.5. The molecule has 0 saturated carbocycles. The molecule has 25 heavy (non-hydrogen) atoms. The third-order valence-electron chi connectivity index (χ3n) is 3.43. The maximum atomic E-state index is 12.2. The van der Waals surface area contributed by atoms with E-state index >= 15 is 0 Å². The van der Waals surface area contributed by atoms with E-state index in [1.54, 1.807) is 42.5 Å². The van der Waals surface area contributed by atoms with Crippen molar-refractivity contribution in [3.63, 3.8) is 0 Å². The lowest BCUT2D eigenvalue weighted by Crippen LogP contribution is -2.22. The molecule has 2 aromatic rings. The number of aliphatic carboxylic acids is 1. The number of benzene rings is 2. The fourth-order valence-electron chi connectivity index (χ4n) is 2.03. The van der Waals surface area contributed by atoms with Gasteiger partial charge in [-0.2, -0.15) is 0 Å². The van der Waals surface area contributed by atoms with E-state index in [0.717, 1.165) is 0 Å². The number of allylic oxidation sites excluding steroid dienone is 1. The topological polar surface area (TPSA) is 93.1 Å². The largest absolute Gasteiger partial charge is 0.504 e. The molecule has 6 nitrogen and oxygen atoms in total. The third kappa shape index (κ3) is 4.84. The maximum Gasteiger partial charge on any atom is 0.344 e. The lowest BCUT2D eigenvalue weighted by atomic mass is 10.1. The summed E-state index contributed by atoms with van der Waals surface area (Å²) in [6.45, 7) is 1.43. The average Bonchev–Trinajstić information content (AvgIpc) is 2.60. The van der Waals surface area contributed by atoms with Gasteiger partial charge in [0.2, 0.25) is 0 Å². The van der Waals surface area contributed by atoms with Gasteiger partial charge in [0, 0.05) is 5.56 Å². The van der Waals surface area contributed by atoms with Crippen molar-refractivity contribution in [1.82, 2.24) is 0 Å². The number of ether oxygens (including phenoxy) is 2. The lowest BCUT2D eigenvalue weighted by Gasteiger charge is -2.10. The highest BCUT2D eigenvalue weighted by Gasteiger charge is 2.12. The Bertz CT molecular complexity index is 792. The first-order chi connectivity index (χ1) is 11.9. The predicted octanol–water partition coefficient (Wildman–Crippen LogP) is 3.15. The molecule has 0 aliphatic carbocycles. The third-order valence-corrected chi connectivity index (χ3v) is 3.43. The van der Waals surface area contributed by atoms with Crippen LogP contribution in [0, 0.1) is 0 Å². The van der Waals surface area contributed by atoms with Crippen molar-refractivity contribution in [3.8, 4) is 17.2 Å². The summed E-state index contributed by atoms with van der Waals surface area (Å²) >= 11 is 0. The normalized spacial score (nSPS) is 11.9. The van der Waals surface area contributed by atoms with Gasteiger partial charge in [-0.15, -0.1) is 0 Å². The van der Waals surface area contributed by atoms with Crippen molar-refractivity contribution in [2.75, 3.05) is 7.11 Å². The summed E-state index contributed by atoms with van der Waals surface area (Å²) in [5.74, 6) is -0.574. The minimum Gasteiger partial charge on any atom is -0.504 e. The van der Waals surface area contributed by atoms with Crippen molar-refractivity contribution < 1.29 is 29.3 Å². The molecule has 130 valence electrons. The van der Waals surface area contributed by atoms with Crippen molar-refractivity contribution in [3.05, 3.63) is 59.7 Å². The minimum absolute atomic E-state index is 0.00819. The fourth-order valence-corrected chi connectivity index (χ4v) is 2.03. The van der Waals surface area contributed by atoms with Gasteiger partial charge in [-0.1, -0.05) is 12.1 Å². The number of hydrogen-bond donors (Lipinski definition) is 2. The number of carboxylic acid groups (broad SMARTS) is 1. The first kappa shape index (κ1) is 18.1. The number of carboxylic acids is 1. The fraction of sp³-hybridized carbons (Fsp3) is 0.158. The standard InChI is InChI=1S/C19H18O6/c1-12(19(22)23)25-15-7-5-14(6-8-15)16(20)9-3-13-4-10-18(24-2)17(21)11-13/h3-12,21H,1-2H3,(H,22,23)/b9-3+. The van der Waals surface area contributed by atoms with E-state index in [1.807, 2.05) is 0 Å². The van der Waals surface area contributed by atoms with E-state index in [0.29, 0.717) is 22.6 Å². The second kappa shape index (κ2) is 8.01. The molecule has 0 saturated heterocycles. The number of hydrogen-bond acceptors (Lipinski definition) is 5. The van der Waals surface area contributed by atoms with Crippen molar-refractivity contribution in [2.45, 2.75) is 13.0 Å². The number of phenolic OH excluding ortho intramolecular Hbond substituents is 1. The molecule has 0 aliphatic rings. The number of methoxy groups -OCH3 is 1. The Morgan fingerprint density at radius 1 is 1.12 bits per heavy atom. The van der Waals surface area contributed by atoms with E-state index < -0.39 is 12.1 Å².